The van der Waals surface area contributed by atoms with Gasteiger partial charge in [0.2, 0.25) is 5.91 Å². The average Bonchev–Trinajstić information content (AvgIpc) is 3.14. The van der Waals surface area contributed by atoms with Crippen molar-refractivity contribution in [2.24, 2.45) is 0 Å². The molecule has 0 aromatic carbocycles. The third-order valence-corrected chi connectivity index (χ3v) is 2.84. The molecule has 0 bridgehead atoms. The second kappa shape index (κ2) is 5.56. The molecule has 0 saturated heterocycles. The van der Waals surface area contributed by atoms with E-state index in [4.69, 9.17) is 5.73 Å². The van der Waals surface area contributed by atoms with Gasteiger partial charge in [-0.15, -0.1) is 0 Å². The molecule has 1 heterocycles. The monoisotopic (exact) mass is 288 g/mol. The van der Waals surface area contributed by atoms with Crippen molar-refractivity contribution in [3.8, 4) is 0 Å². The van der Waals surface area contributed by atoms with E-state index in [1.54, 1.807) is 0 Å². The van der Waals surface area contributed by atoms with E-state index in [9.17, 15) is 18.0 Å². The van der Waals surface area contributed by atoms with Crippen molar-refractivity contribution in [3.05, 3.63) is 18.0 Å². The van der Waals surface area contributed by atoms with Gasteiger partial charge in [-0.1, -0.05) is 0 Å². The van der Waals surface area contributed by atoms with E-state index in [0.717, 1.165) is 25.1 Å². The minimum atomic E-state index is -4.52. The molecule has 1 amide bonds. The van der Waals surface area contributed by atoms with Crippen LogP contribution in [0.2, 0.25) is 0 Å². The molecule has 0 unspecified atom stereocenters. The standard InChI is InChI=1S/C12H15F3N4O/c13-12(14,15)10-5-9(8(16)6-18-10)17-4-3-11(20)19-7-1-2-7/h5-7H,1-4,16H2,(H,17,18)(H,19,20). The second-order valence-electron chi connectivity index (χ2n) is 4.67. The van der Waals surface area contributed by atoms with Crippen LogP contribution in [0.4, 0.5) is 24.5 Å². The third-order valence-electron chi connectivity index (χ3n) is 2.84. The molecule has 8 heteroatoms. The molecule has 2 rings (SSSR count). The number of hydrogen-bond acceptors (Lipinski definition) is 4. The molecule has 0 radical (unpaired) electrons. The van der Waals surface area contributed by atoms with Crippen molar-refractivity contribution in [2.75, 3.05) is 17.6 Å². The summed E-state index contributed by atoms with van der Waals surface area (Å²) in [5.41, 5.74) is 4.77. The Morgan fingerprint density at radius 3 is 2.75 bits per heavy atom. The molecular formula is C12H15F3N4O. The Hall–Kier alpha value is -1.99. The van der Waals surface area contributed by atoms with E-state index in [0.29, 0.717) is 0 Å². The van der Waals surface area contributed by atoms with Gasteiger partial charge >= 0.3 is 6.18 Å². The summed E-state index contributed by atoms with van der Waals surface area (Å²) in [6.07, 6.45) is -1.40. The highest BCUT2D eigenvalue weighted by Crippen LogP contribution is 2.30. The van der Waals surface area contributed by atoms with Crippen LogP contribution in [0.25, 0.3) is 0 Å². The van der Waals surface area contributed by atoms with Gasteiger partial charge in [0.15, 0.2) is 0 Å². The highest BCUT2D eigenvalue weighted by molar-refractivity contribution is 5.77. The van der Waals surface area contributed by atoms with Crippen molar-refractivity contribution >= 4 is 17.3 Å². The van der Waals surface area contributed by atoms with Crippen LogP contribution in [0.15, 0.2) is 12.3 Å². The van der Waals surface area contributed by atoms with Gasteiger partial charge in [0.1, 0.15) is 5.69 Å². The highest BCUT2D eigenvalue weighted by atomic mass is 19.4. The number of nitrogens with zero attached hydrogens (tertiary/aromatic N) is 1. The van der Waals surface area contributed by atoms with E-state index in [1.165, 1.54) is 0 Å². The zero-order valence-electron chi connectivity index (χ0n) is 10.6. The number of hydrogen-bond donors (Lipinski definition) is 3. The predicted molar refractivity (Wildman–Crippen MR) is 67.9 cm³/mol. The van der Waals surface area contributed by atoms with Crippen molar-refractivity contribution in [1.82, 2.24) is 10.3 Å². The Bertz CT molecular complexity index is 500. The third kappa shape index (κ3) is 4.01. The van der Waals surface area contributed by atoms with E-state index in [-0.39, 0.29) is 36.3 Å². The zero-order valence-corrected chi connectivity index (χ0v) is 10.6. The summed E-state index contributed by atoms with van der Waals surface area (Å²) in [4.78, 5) is 14.7. The number of nitrogen functional groups attached to an aromatic ring is 1. The van der Waals surface area contributed by atoms with Gasteiger partial charge in [0, 0.05) is 19.0 Å². The zero-order chi connectivity index (χ0) is 14.8. The summed E-state index contributed by atoms with van der Waals surface area (Å²) in [6, 6.07) is 1.11. The molecule has 4 N–H and O–H groups in total. The lowest BCUT2D eigenvalue weighted by Crippen LogP contribution is -2.27. The summed E-state index contributed by atoms with van der Waals surface area (Å²) in [5.74, 6) is -0.122. The Morgan fingerprint density at radius 2 is 2.15 bits per heavy atom. The largest absolute Gasteiger partial charge is 0.433 e. The Balaban J connectivity index is 1.89. The first-order chi connectivity index (χ1) is 9.36. The molecule has 1 saturated carbocycles. The van der Waals surface area contributed by atoms with Gasteiger partial charge < -0.3 is 16.4 Å². The maximum Gasteiger partial charge on any atom is 0.433 e. The number of alkyl halides is 3. The maximum atomic E-state index is 12.5. The maximum absolute atomic E-state index is 12.5. The minimum absolute atomic E-state index is 0.112. The van der Waals surface area contributed by atoms with Gasteiger partial charge in [-0.05, 0) is 18.9 Å². The molecular weight excluding hydrogens is 273 g/mol. The van der Waals surface area contributed by atoms with E-state index in [2.05, 4.69) is 15.6 Å². The van der Waals surface area contributed by atoms with Crippen LogP contribution in [0.5, 0.6) is 0 Å². The normalized spacial score (nSPS) is 14.9. The molecule has 110 valence electrons. The van der Waals surface area contributed by atoms with Crippen LogP contribution < -0.4 is 16.4 Å². The number of nitrogens with one attached hydrogen (secondary N) is 2. The highest BCUT2D eigenvalue weighted by Gasteiger charge is 2.33. The smallest absolute Gasteiger partial charge is 0.396 e. The fourth-order valence-corrected chi connectivity index (χ4v) is 1.61. The SMILES string of the molecule is Nc1cnc(C(F)(F)F)cc1NCCC(=O)NC1CC1. The van der Waals surface area contributed by atoms with Gasteiger partial charge in [-0.25, -0.2) is 4.98 Å². The van der Waals surface area contributed by atoms with Crippen molar-refractivity contribution in [2.45, 2.75) is 31.5 Å². The number of nitrogens with two attached hydrogens (primary N) is 1. The van der Waals surface area contributed by atoms with E-state index >= 15 is 0 Å². The lowest BCUT2D eigenvalue weighted by Gasteiger charge is -2.12. The number of rotatable bonds is 5. The summed E-state index contributed by atoms with van der Waals surface area (Å²) in [7, 11) is 0. The molecule has 1 aliphatic carbocycles. The first kappa shape index (κ1) is 14.4. The number of carbonyl (C=O) groups excluding carboxylic acids is 1. The Labute approximate surface area is 113 Å². The van der Waals surface area contributed by atoms with Crippen molar-refractivity contribution < 1.29 is 18.0 Å². The fourth-order valence-electron chi connectivity index (χ4n) is 1.61. The van der Waals surface area contributed by atoms with E-state index in [1.807, 2.05) is 0 Å². The van der Waals surface area contributed by atoms with Crippen LogP contribution in [0.1, 0.15) is 25.0 Å². The van der Waals surface area contributed by atoms with Crippen LogP contribution in [-0.2, 0) is 11.0 Å². The van der Waals surface area contributed by atoms with Crippen LogP contribution in [0, 0.1) is 0 Å². The van der Waals surface area contributed by atoms with Gasteiger partial charge in [0.05, 0.1) is 17.6 Å². The lowest BCUT2D eigenvalue weighted by atomic mass is 10.2. The molecule has 1 aromatic heterocycles. The Morgan fingerprint density at radius 1 is 1.45 bits per heavy atom. The molecule has 5 nitrogen and oxygen atoms in total. The number of amides is 1. The summed E-state index contributed by atoms with van der Waals surface area (Å²) in [5, 5.41) is 5.51. The summed E-state index contributed by atoms with van der Waals surface area (Å²) >= 11 is 0. The van der Waals surface area contributed by atoms with Gasteiger partial charge in [0.25, 0.3) is 0 Å². The minimum Gasteiger partial charge on any atom is -0.396 e. The number of carbonyl (C=O) groups is 1. The molecule has 20 heavy (non-hydrogen) atoms. The topological polar surface area (TPSA) is 80.0 Å². The van der Waals surface area contributed by atoms with Crippen LogP contribution in [0.3, 0.4) is 0 Å². The quantitative estimate of drug-likeness (QED) is 0.771. The first-order valence-electron chi connectivity index (χ1n) is 6.22. The molecule has 0 aliphatic heterocycles. The van der Waals surface area contributed by atoms with Gasteiger partial charge in [-0.3, -0.25) is 4.79 Å². The van der Waals surface area contributed by atoms with Crippen molar-refractivity contribution in [3.63, 3.8) is 0 Å². The lowest BCUT2D eigenvalue weighted by molar-refractivity contribution is -0.141. The van der Waals surface area contributed by atoms with Crippen molar-refractivity contribution in [1.29, 1.82) is 0 Å². The predicted octanol–water partition coefficient (Wildman–Crippen LogP) is 1.76. The number of aromatic nitrogens is 1. The first-order valence-corrected chi connectivity index (χ1v) is 6.22. The number of halogens is 3. The summed E-state index contributed by atoms with van der Waals surface area (Å²) < 4.78 is 37.5. The number of pyridine rings is 1. The fraction of sp³-hybridized carbons (Fsp3) is 0.500. The molecule has 0 atom stereocenters. The average molecular weight is 288 g/mol. The molecule has 1 aliphatic rings. The van der Waals surface area contributed by atoms with Gasteiger partial charge in [-0.2, -0.15) is 13.2 Å². The molecule has 1 aromatic rings. The number of anilines is 2. The molecule has 0 spiro atoms. The van der Waals surface area contributed by atoms with E-state index < -0.39 is 11.9 Å². The molecule has 1 fully saturated rings. The summed E-state index contributed by atoms with van der Waals surface area (Å²) in [6.45, 7) is 0.212. The second-order valence-corrected chi connectivity index (χ2v) is 4.67. The Kier molecular flexibility index (Phi) is 4.01. The van der Waals surface area contributed by atoms with Crippen LogP contribution in [-0.4, -0.2) is 23.5 Å². The van der Waals surface area contributed by atoms with Crippen LogP contribution >= 0.6 is 0 Å².